The van der Waals surface area contributed by atoms with Gasteiger partial charge < -0.3 is 20.5 Å². The van der Waals surface area contributed by atoms with Crippen LogP contribution in [0.25, 0.3) is 0 Å². The molecule has 2 amide bonds. The molecule has 7 nitrogen and oxygen atoms in total. The molecular formula is C16H19N3O4S. The second-order valence-corrected chi connectivity index (χ2v) is 6.11. The SMILES string of the molecule is COc1cc(CNC(=O)Cc2csc(C)n2)ccc1OCC(N)=O. The number of benzene rings is 1. The third-order valence-electron chi connectivity index (χ3n) is 3.10. The standard InChI is InChI=1S/C16H19N3O4S/c1-10-19-12(9-24-10)6-16(21)18-7-11-3-4-13(14(5-11)22-2)23-8-15(17)20/h3-5,9H,6-8H2,1-2H3,(H2,17,20)(H,18,21). The fourth-order valence-electron chi connectivity index (χ4n) is 2.01. The number of rotatable bonds is 8. The van der Waals surface area contributed by atoms with Crippen molar-refractivity contribution in [1.29, 1.82) is 0 Å². The Balaban J connectivity index is 1.92. The van der Waals surface area contributed by atoms with Crippen LogP contribution in [0.5, 0.6) is 11.5 Å². The Morgan fingerprint density at radius 2 is 2.12 bits per heavy atom. The van der Waals surface area contributed by atoms with Crippen LogP contribution in [0.3, 0.4) is 0 Å². The number of hydrogen-bond acceptors (Lipinski definition) is 6. The molecule has 1 aromatic heterocycles. The Labute approximate surface area is 143 Å². The van der Waals surface area contributed by atoms with Crippen molar-refractivity contribution in [2.45, 2.75) is 19.9 Å². The van der Waals surface area contributed by atoms with Crippen molar-refractivity contribution in [2.24, 2.45) is 5.73 Å². The van der Waals surface area contributed by atoms with Crippen molar-refractivity contribution in [3.8, 4) is 11.5 Å². The van der Waals surface area contributed by atoms with Crippen molar-refractivity contribution in [3.05, 3.63) is 39.8 Å². The minimum absolute atomic E-state index is 0.103. The fraction of sp³-hybridized carbons (Fsp3) is 0.312. The first-order chi connectivity index (χ1) is 11.5. The molecule has 0 unspecified atom stereocenters. The van der Waals surface area contributed by atoms with E-state index in [9.17, 15) is 9.59 Å². The zero-order valence-corrected chi connectivity index (χ0v) is 14.3. The van der Waals surface area contributed by atoms with Gasteiger partial charge in [-0.2, -0.15) is 0 Å². The first kappa shape index (κ1) is 17.7. The summed E-state index contributed by atoms with van der Waals surface area (Å²) < 4.78 is 10.5. The Kier molecular flexibility index (Phi) is 6.14. The lowest BCUT2D eigenvalue weighted by Crippen LogP contribution is -2.24. The van der Waals surface area contributed by atoms with E-state index in [1.807, 2.05) is 12.3 Å². The van der Waals surface area contributed by atoms with Crippen LogP contribution in [-0.4, -0.2) is 30.5 Å². The smallest absolute Gasteiger partial charge is 0.255 e. The number of nitrogens with two attached hydrogens (primary N) is 1. The minimum atomic E-state index is -0.564. The largest absolute Gasteiger partial charge is 0.493 e. The zero-order valence-electron chi connectivity index (χ0n) is 13.5. The van der Waals surface area contributed by atoms with E-state index in [4.69, 9.17) is 15.2 Å². The number of aryl methyl sites for hydroxylation is 1. The molecule has 1 heterocycles. The molecule has 0 fully saturated rings. The average molecular weight is 349 g/mol. The highest BCUT2D eigenvalue weighted by molar-refractivity contribution is 7.09. The number of nitrogens with one attached hydrogen (secondary N) is 1. The molecule has 8 heteroatoms. The summed E-state index contributed by atoms with van der Waals surface area (Å²) in [5.74, 6) is 0.224. The number of ether oxygens (including phenoxy) is 2. The van der Waals surface area contributed by atoms with Crippen molar-refractivity contribution >= 4 is 23.2 Å². The van der Waals surface area contributed by atoms with Gasteiger partial charge >= 0.3 is 0 Å². The van der Waals surface area contributed by atoms with Crippen LogP contribution in [0.15, 0.2) is 23.6 Å². The highest BCUT2D eigenvalue weighted by atomic mass is 32.1. The van der Waals surface area contributed by atoms with Crippen LogP contribution in [0, 0.1) is 6.92 Å². The van der Waals surface area contributed by atoms with E-state index in [0.717, 1.165) is 16.3 Å². The molecule has 1 aromatic carbocycles. The van der Waals surface area contributed by atoms with Gasteiger partial charge in [-0.1, -0.05) is 6.07 Å². The molecule has 24 heavy (non-hydrogen) atoms. The van der Waals surface area contributed by atoms with Gasteiger partial charge in [0.05, 0.1) is 24.2 Å². The van der Waals surface area contributed by atoms with Crippen molar-refractivity contribution in [3.63, 3.8) is 0 Å². The quantitative estimate of drug-likeness (QED) is 0.745. The predicted molar refractivity (Wildman–Crippen MR) is 90.1 cm³/mol. The maximum atomic E-state index is 11.9. The summed E-state index contributed by atoms with van der Waals surface area (Å²) in [4.78, 5) is 27.0. The normalized spacial score (nSPS) is 10.2. The summed E-state index contributed by atoms with van der Waals surface area (Å²) in [5.41, 5.74) is 6.67. The van der Waals surface area contributed by atoms with E-state index in [-0.39, 0.29) is 18.9 Å². The number of methoxy groups -OCH3 is 1. The van der Waals surface area contributed by atoms with Gasteiger partial charge in [0.2, 0.25) is 5.91 Å². The molecule has 0 saturated heterocycles. The molecule has 0 saturated carbocycles. The molecule has 0 spiro atoms. The maximum absolute atomic E-state index is 11.9. The topological polar surface area (TPSA) is 104 Å². The van der Waals surface area contributed by atoms with E-state index in [2.05, 4.69) is 10.3 Å². The fourth-order valence-corrected chi connectivity index (χ4v) is 2.62. The summed E-state index contributed by atoms with van der Waals surface area (Å²) in [7, 11) is 1.50. The maximum Gasteiger partial charge on any atom is 0.255 e. The number of primary amides is 1. The van der Waals surface area contributed by atoms with Crippen LogP contribution < -0.4 is 20.5 Å². The van der Waals surface area contributed by atoms with E-state index in [1.54, 1.807) is 18.2 Å². The minimum Gasteiger partial charge on any atom is -0.493 e. The molecule has 2 aromatic rings. The highest BCUT2D eigenvalue weighted by Crippen LogP contribution is 2.28. The van der Waals surface area contributed by atoms with Crippen LogP contribution >= 0.6 is 11.3 Å². The van der Waals surface area contributed by atoms with Gasteiger partial charge in [0.15, 0.2) is 18.1 Å². The lowest BCUT2D eigenvalue weighted by molar-refractivity contribution is -0.121. The van der Waals surface area contributed by atoms with Crippen molar-refractivity contribution in [1.82, 2.24) is 10.3 Å². The number of carbonyl (C=O) groups is 2. The molecule has 2 rings (SSSR count). The summed E-state index contributed by atoms with van der Waals surface area (Å²) >= 11 is 1.52. The summed E-state index contributed by atoms with van der Waals surface area (Å²) in [6, 6.07) is 5.20. The van der Waals surface area contributed by atoms with Gasteiger partial charge in [0, 0.05) is 11.9 Å². The van der Waals surface area contributed by atoms with E-state index < -0.39 is 5.91 Å². The van der Waals surface area contributed by atoms with Crippen LogP contribution in [0.1, 0.15) is 16.3 Å². The second-order valence-electron chi connectivity index (χ2n) is 5.05. The van der Waals surface area contributed by atoms with Gasteiger partial charge in [-0.3, -0.25) is 9.59 Å². The third kappa shape index (κ3) is 5.24. The average Bonchev–Trinajstić information content (AvgIpc) is 2.96. The van der Waals surface area contributed by atoms with Gasteiger partial charge in [0.25, 0.3) is 5.91 Å². The van der Waals surface area contributed by atoms with E-state index >= 15 is 0 Å². The Hall–Kier alpha value is -2.61. The third-order valence-corrected chi connectivity index (χ3v) is 3.92. The molecule has 3 N–H and O–H groups in total. The monoisotopic (exact) mass is 349 g/mol. The molecule has 0 aliphatic rings. The molecule has 0 atom stereocenters. The highest BCUT2D eigenvalue weighted by Gasteiger charge is 2.09. The van der Waals surface area contributed by atoms with Crippen molar-refractivity contribution < 1.29 is 19.1 Å². The molecule has 0 bridgehead atoms. The Morgan fingerprint density at radius 3 is 2.75 bits per heavy atom. The van der Waals surface area contributed by atoms with Gasteiger partial charge in [-0.25, -0.2) is 4.98 Å². The van der Waals surface area contributed by atoms with Crippen LogP contribution in [0.2, 0.25) is 0 Å². The van der Waals surface area contributed by atoms with Gasteiger partial charge in [0.1, 0.15) is 0 Å². The number of thiazole rings is 1. The number of carbonyl (C=O) groups excluding carboxylic acids is 2. The second kappa shape index (κ2) is 8.30. The molecule has 0 radical (unpaired) electrons. The van der Waals surface area contributed by atoms with E-state index in [1.165, 1.54) is 18.4 Å². The Morgan fingerprint density at radius 1 is 1.33 bits per heavy atom. The van der Waals surface area contributed by atoms with E-state index in [0.29, 0.717) is 18.0 Å². The predicted octanol–water partition coefficient (Wildman–Crippen LogP) is 1.18. The van der Waals surface area contributed by atoms with Gasteiger partial charge in [-0.15, -0.1) is 11.3 Å². The number of aromatic nitrogens is 1. The molecule has 128 valence electrons. The lowest BCUT2D eigenvalue weighted by atomic mass is 10.2. The van der Waals surface area contributed by atoms with Crippen molar-refractivity contribution in [2.75, 3.05) is 13.7 Å². The first-order valence-corrected chi connectivity index (χ1v) is 8.11. The summed E-state index contributed by atoms with van der Waals surface area (Å²) in [5, 5.41) is 5.65. The number of nitrogens with zero attached hydrogens (tertiary/aromatic N) is 1. The summed E-state index contributed by atoms with van der Waals surface area (Å²) in [6.07, 6.45) is 0.251. The van der Waals surface area contributed by atoms with Gasteiger partial charge in [-0.05, 0) is 24.6 Å². The molecule has 0 aliphatic heterocycles. The van der Waals surface area contributed by atoms with Crippen LogP contribution in [0.4, 0.5) is 0 Å². The Bertz CT molecular complexity index is 730. The molecule has 0 aliphatic carbocycles. The summed E-state index contributed by atoms with van der Waals surface area (Å²) in [6.45, 7) is 2.04. The first-order valence-electron chi connectivity index (χ1n) is 7.23. The zero-order chi connectivity index (χ0) is 17.5. The molecular weight excluding hydrogens is 330 g/mol. The number of hydrogen-bond donors (Lipinski definition) is 2. The van der Waals surface area contributed by atoms with Crippen LogP contribution in [-0.2, 0) is 22.6 Å². The number of amides is 2. The lowest BCUT2D eigenvalue weighted by Gasteiger charge is -2.11.